The van der Waals surface area contributed by atoms with Crippen molar-refractivity contribution >= 4 is 5.97 Å². The summed E-state index contributed by atoms with van der Waals surface area (Å²) in [5.41, 5.74) is -0.447. The second-order valence-corrected chi connectivity index (χ2v) is 4.47. The summed E-state index contributed by atoms with van der Waals surface area (Å²) in [5, 5.41) is 9.67. The van der Waals surface area contributed by atoms with E-state index in [2.05, 4.69) is 4.74 Å². The topological polar surface area (TPSA) is 49.8 Å². The molecule has 0 bridgehead atoms. The molecule has 4 heteroatoms. The number of aliphatic hydroxyl groups is 1. The highest BCUT2D eigenvalue weighted by atomic mass is 16.5. The minimum absolute atomic E-state index is 0.447. The standard InChI is InChI=1S/C10H21NO3/c1-10(2,6-7-11(3)4)8(12)9(13)14-5/h8,12H,6-7H2,1-5H3. The second-order valence-electron chi connectivity index (χ2n) is 4.47. The van der Waals surface area contributed by atoms with Crippen molar-refractivity contribution in [2.24, 2.45) is 5.41 Å². The molecule has 0 aromatic carbocycles. The maximum Gasteiger partial charge on any atom is 0.335 e. The van der Waals surface area contributed by atoms with Gasteiger partial charge in [-0.2, -0.15) is 0 Å². The van der Waals surface area contributed by atoms with Crippen LogP contribution < -0.4 is 0 Å². The molecule has 0 spiro atoms. The SMILES string of the molecule is COC(=O)C(O)C(C)(C)CCN(C)C. The van der Waals surface area contributed by atoms with E-state index in [0.29, 0.717) is 0 Å². The molecule has 1 atom stereocenters. The molecule has 0 saturated heterocycles. The minimum atomic E-state index is -1.05. The Labute approximate surface area is 85.9 Å². The monoisotopic (exact) mass is 203 g/mol. The van der Waals surface area contributed by atoms with Gasteiger partial charge in [-0.15, -0.1) is 0 Å². The van der Waals surface area contributed by atoms with E-state index in [1.807, 2.05) is 32.8 Å². The van der Waals surface area contributed by atoms with Crippen LogP contribution in [0.4, 0.5) is 0 Å². The first-order chi connectivity index (χ1) is 6.31. The fourth-order valence-corrected chi connectivity index (χ4v) is 1.08. The van der Waals surface area contributed by atoms with Gasteiger partial charge in [0.1, 0.15) is 0 Å². The maximum atomic E-state index is 11.1. The molecule has 0 aliphatic carbocycles. The van der Waals surface area contributed by atoms with E-state index < -0.39 is 17.5 Å². The van der Waals surface area contributed by atoms with Crippen molar-refractivity contribution < 1.29 is 14.6 Å². The van der Waals surface area contributed by atoms with E-state index in [1.165, 1.54) is 7.11 Å². The molecule has 84 valence electrons. The molecule has 0 saturated carbocycles. The van der Waals surface area contributed by atoms with Gasteiger partial charge in [-0.25, -0.2) is 4.79 Å². The third kappa shape index (κ3) is 4.07. The molecule has 1 unspecified atom stereocenters. The van der Waals surface area contributed by atoms with Crippen LogP contribution in [0.15, 0.2) is 0 Å². The van der Waals surface area contributed by atoms with Gasteiger partial charge in [0.2, 0.25) is 0 Å². The van der Waals surface area contributed by atoms with E-state index in [9.17, 15) is 9.90 Å². The zero-order valence-electron chi connectivity index (χ0n) is 9.70. The van der Waals surface area contributed by atoms with Gasteiger partial charge < -0.3 is 14.7 Å². The van der Waals surface area contributed by atoms with Crippen LogP contribution in [-0.2, 0) is 9.53 Å². The van der Waals surface area contributed by atoms with E-state index in [1.54, 1.807) is 0 Å². The fraction of sp³-hybridized carbons (Fsp3) is 0.900. The Hall–Kier alpha value is -0.610. The van der Waals surface area contributed by atoms with Crippen LogP contribution in [0.3, 0.4) is 0 Å². The lowest BCUT2D eigenvalue weighted by atomic mass is 9.83. The Morgan fingerprint density at radius 3 is 2.36 bits per heavy atom. The number of esters is 1. The van der Waals surface area contributed by atoms with Crippen molar-refractivity contribution in [3.05, 3.63) is 0 Å². The molecule has 0 amide bonds. The normalized spacial score (nSPS) is 14.2. The summed E-state index contributed by atoms with van der Waals surface area (Å²) in [6.07, 6.45) is -0.302. The second kappa shape index (κ2) is 5.32. The molecule has 0 heterocycles. The summed E-state index contributed by atoms with van der Waals surface area (Å²) in [6, 6.07) is 0. The van der Waals surface area contributed by atoms with Gasteiger partial charge in [-0.3, -0.25) is 0 Å². The van der Waals surface area contributed by atoms with E-state index >= 15 is 0 Å². The number of hydrogen-bond donors (Lipinski definition) is 1. The maximum absolute atomic E-state index is 11.1. The number of carbonyl (C=O) groups is 1. The number of carbonyl (C=O) groups excluding carboxylic acids is 1. The van der Waals surface area contributed by atoms with Crippen LogP contribution in [0.5, 0.6) is 0 Å². The summed E-state index contributed by atoms with van der Waals surface area (Å²) in [6.45, 7) is 4.55. The van der Waals surface area contributed by atoms with Gasteiger partial charge in [-0.1, -0.05) is 13.8 Å². The molecule has 0 fully saturated rings. The Morgan fingerprint density at radius 2 is 2.00 bits per heavy atom. The first-order valence-electron chi connectivity index (χ1n) is 4.72. The quantitative estimate of drug-likeness (QED) is 0.661. The molecule has 0 aliphatic rings. The average molecular weight is 203 g/mol. The van der Waals surface area contributed by atoms with Gasteiger partial charge in [0.15, 0.2) is 6.10 Å². The third-order valence-corrected chi connectivity index (χ3v) is 2.37. The molecular weight excluding hydrogens is 182 g/mol. The predicted octanol–water partition coefficient (Wildman–Crippen LogP) is 0.498. The summed E-state index contributed by atoms with van der Waals surface area (Å²) < 4.78 is 4.50. The zero-order valence-corrected chi connectivity index (χ0v) is 9.70. The van der Waals surface area contributed by atoms with Crippen LogP contribution in [-0.4, -0.2) is 49.8 Å². The molecule has 14 heavy (non-hydrogen) atoms. The molecule has 0 aromatic rings. The fourth-order valence-electron chi connectivity index (χ4n) is 1.08. The lowest BCUT2D eigenvalue weighted by molar-refractivity contribution is -0.157. The Morgan fingerprint density at radius 1 is 1.50 bits per heavy atom. The molecule has 0 aromatic heterocycles. The third-order valence-electron chi connectivity index (χ3n) is 2.37. The van der Waals surface area contributed by atoms with Gasteiger partial charge >= 0.3 is 5.97 Å². The number of nitrogens with zero attached hydrogens (tertiary/aromatic N) is 1. The lowest BCUT2D eigenvalue weighted by Gasteiger charge is -2.29. The van der Waals surface area contributed by atoms with Crippen molar-refractivity contribution in [1.82, 2.24) is 4.90 Å². The first kappa shape index (κ1) is 13.4. The highest BCUT2D eigenvalue weighted by Crippen LogP contribution is 2.26. The summed E-state index contributed by atoms with van der Waals surface area (Å²) in [4.78, 5) is 13.1. The van der Waals surface area contributed by atoms with Gasteiger partial charge in [0.05, 0.1) is 7.11 Å². The van der Waals surface area contributed by atoms with E-state index in [4.69, 9.17) is 0 Å². The Bertz CT molecular complexity index is 190. The Kier molecular flexibility index (Phi) is 5.08. The molecule has 0 aliphatic heterocycles. The van der Waals surface area contributed by atoms with Crippen LogP contribution in [0.1, 0.15) is 20.3 Å². The van der Waals surface area contributed by atoms with E-state index in [-0.39, 0.29) is 0 Å². The largest absolute Gasteiger partial charge is 0.467 e. The van der Waals surface area contributed by atoms with Crippen molar-refractivity contribution in [2.45, 2.75) is 26.4 Å². The van der Waals surface area contributed by atoms with Crippen LogP contribution in [0.25, 0.3) is 0 Å². The summed E-state index contributed by atoms with van der Waals surface area (Å²) in [5.74, 6) is -0.561. The number of aliphatic hydroxyl groups excluding tert-OH is 1. The van der Waals surface area contributed by atoms with Gasteiger partial charge in [-0.05, 0) is 27.1 Å². The Balaban J connectivity index is 4.22. The van der Waals surface area contributed by atoms with Crippen molar-refractivity contribution in [3.63, 3.8) is 0 Å². The molecule has 0 rings (SSSR count). The van der Waals surface area contributed by atoms with Gasteiger partial charge in [0, 0.05) is 5.41 Å². The van der Waals surface area contributed by atoms with Crippen LogP contribution in [0, 0.1) is 5.41 Å². The molecule has 1 N–H and O–H groups in total. The molecule has 0 radical (unpaired) electrons. The van der Waals surface area contributed by atoms with Crippen molar-refractivity contribution in [2.75, 3.05) is 27.7 Å². The molecule has 4 nitrogen and oxygen atoms in total. The van der Waals surface area contributed by atoms with Crippen molar-refractivity contribution in [1.29, 1.82) is 0 Å². The van der Waals surface area contributed by atoms with E-state index in [0.717, 1.165) is 13.0 Å². The zero-order chi connectivity index (χ0) is 11.4. The average Bonchev–Trinajstić information content (AvgIpc) is 2.12. The highest BCUT2D eigenvalue weighted by molar-refractivity contribution is 5.75. The lowest BCUT2D eigenvalue weighted by Crippen LogP contribution is -2.39. The number of rotatable bonds is 5. The number of hydrogen-bond acceptors (Lipinski definition) is 4. The smallest absolute Gasteiger partial charge is 0.335 e. The predicted molar refractivity (Wildman–Crippen MR) is 55.0 cm³/mol. The van der Waals surface area contributed by atoms with Gasteiger partial charge in [0.25, 0.3) is 0 Å². The van der Waals surface area contributed by atoms with Crippen LogP contribution in [0.2, 0.25) is 0 Å². The molecular formula is C10H21NO3. The summed E-state index contributed by atoms with van der Waals surface area (Å²) in [7, 11) is 5.20. The van der Waals surface area contributed by atoms with Crippen molar-refractivity contribution in [3.8, 4) is 0 Å². The first-order valence-corrected chi connectivity index (χ1v) is 4.72. The number of ether oxygens (including phenoxy) is 1. The van der Waals surface area contributed by atoms with Crippen LogP contribution >= 0.6 is 0 Å². The summed E-state index contributed by atoms with van der Waals surface area (Å²) >= 11 is 0. The highest BCUT2D eigenvalue weighted by Gasteiger charge is 2.33. The minimum Gasteiger partial charge on any atom is -0.467 e. The number of methoxy groups -OCH3 is 1.